The normalized spacial score (nSPS) is 12.5. The molecule has 18 heavy (non-hydrogen) atoms. The van der Waals surface area contributed by atoms with E-state index >= 15 is 0 Å². The van der Waals surface area contributed by atoms with Crippen molar-refractivity contribution in [1.82, 2.24) is 19.7 Å². The van der Waals surface area contributed by atoms with Gasteiger partial charge < -0.3 is 5.32 Å². The Bertz CT molecular complexity index is 559. The van der Waals surface area contributed by atoms with Crippen molar-refractivity contribution in [1.29, 1.82) is 0 Å². The second-order valence-electron chi connectivity index (χ2n) is 4.64. The highest BCUT2D eigenvalue weighted by molar-refractivity contribution is 5.47. The van der Waals surface area contributed by atoms with Crippen LogP contribution in [0.15, 0.2) is 12.4 Å². The lowest BCUT2D eigenvalue weighted by atomic mass is 10.1. The first kappa shape index (κ1) is 12.5. The monoisotopic (exact) mass is 245 g/mol. The van der Waals surface area contributed by atoms with Gasteiger partial charge in [0.25, 0.3) is 0 Å². The van der Waals surface area contributed by atoms with Gasteiger partial charge in [-0.05, 0) is 27.7 Å². The fourth-order valence-electron chi connectivity index (χ4n) is 1.86. The van der Waals surface area contributed by atoms with E-state index < -0.39 is 0 Å². The lowest BCUT2D eigenvalue weighted by Gasteiger charge is -2.16. The summed E-state index contributed by atoms with van der Waals surface area (Å²) in [6, 6.07) is 0.172. The summed E-state index contributed by atoms with van der Waals surface area (Å²) in [6.07, 6.45) is 3.88. The minimum absolute atomic E-state index is 0.172. The number of hydrogen-bond donors (Lipinski definition) is 1. The zero-order valence-electron chi connectivity index (χ0n) is 11.5. The highest BCUT2D eigenvalue weighted by Crippen LogP contribution is 2.21. The number of nitrogens with zero attached hydrogens (tertiary/aromatic N) is 4. The van der Waals surface area contributed by atoms with E-state index in [1.807, 2.05) is 40.2 Å². The molecule has 0 aromatic carbocycles. The fourth-order valence-corrected chi connectivity index (χ4v) is 1.86. The fraction of sp³-hybridized carbons (Fsp3) is 0.462. The third-order valence-electron chi connectivity index (χ3n) is 3.08. The number of aryl methyl sites for hydroxylation is 3. The molecule has 0 amide bonds. The van der Waals surface area contributed by atoms with E-state index in [4.69, 9.17) is 0 Å². The summed E-state index contributed by atoms with van der Waals surface area (Å²) >= 11 is 0. The summed E-state index contributed by atoms with van der Waals surface area (Å²) in [6.45, 7) is 8.05. The first-order valence-electron chi connectivity index (χ1n) is 6.04. The summed E-state index contributed by atoms with van der Waals surface area (Å²) in [4.78, 5) is 8.81. The molecule has 0 aliphatic heterocycles. The summed E-state index contributed by atoms with van der Waals surface area (Å²) in [5.74, 6) is 1.69. The van der Waals surface area contributed by atoms with Crippen molar-refractivity contribution in [2.75, 3.05) is 5.32 Å². The van der Waals surface area contributed by atoms with E-state index in [1.54, 1.807) is 4.68 Å². The van der Waals surface area contributed by atoms with Gasteiger partial charge in [-0.15, -0.1) is 0 Å². The van der Waals surface area contributed by atoms with Crippen LogP contribution in [-0.2, 0) is 7.05 Å². The van der Waals surface area contributed by atoms with Crippen LogP contribution < -0.4 is 5.32 Å². The highest BCUT2D eigenvalue weighted by atomic mass is 15.2. The maximum atomic E-state index is 4.46. The van der Waals surface area contributed by atoms with Crippen molar-refractivity contribution in [2.45, 2.75) is 33.7 Å². The zero-order valence-corrected chi connectivity index (χ0v) is 11.5. The topological polar surface area (TPSA) is 55.6 Å². The van der Waals surface area contributed by atoms with E-state index in [9.17, 15) is 0 Å². The van der Waals surface area contributed by atoms with E-state index in [2.05, 4.69) is 27.3 Å². The molecule has 0 aliphatic carbocycles. The minimum Gasteiger partial charge on any atom is -0.363 e. The van der Waals surface area contributed by atoms with E-state index in [0.717, 1.165) is 28.5 Å². The smallest absolute Gasteiger partial charge is 0.133 e. The third kappa shape index (κ3) is 2.50. The number of hydrogen-bond acceptors (Lipinski definition) is 4. The maximum Gasteiger partial charge on any atom is 0.133 e. The van der Waals surface area contributed by atoms with Gasteiger partial charge in [-0.3, -0.25) is 4.68 Å². The molecule has 0 fully saturated rings. The lowest BCUT2D eigenvalue weighted by Crippen LogP contribution is -2.11. The van der Waals surface area contributed by atoms with Gasteiger partial charge in [0.05, 0.1) is 12.2 Å². The molecule has 2 rings (SSSR count). The molecule has 5 heteroatoms. The molecule has 0 radical (unpaired) electrons. The molecule has 0 aliphatic rings. The third-order valence-corrected chi connectivity index (χ3v) is 3.08. The Morgan fingerprint density at radius 3 is 2.56 bits per heavy atom. The largest absolute Gasteiger partial charge is 0.363 e. The van der Waals surface area contributed by atoms with E-state index in [0.29, 0.717) is 0 Å². The summed E-state index contributed by atoms with van der Waals surface area (Å²) < 4.78 is 1.80. The van der Waals surface area contributed by atoms with Crippen molar-refractivity contribution < 1.29 is 0 Å². The molecule has 96 valence electrons. The Labute approximate surface area is 107 Å². The van der Waals surface area contributed by atoms with Crippen LogP contribution in [0.4, 0.5) is 5.82 Å². The molecule has 2 aromatic rings. The van der Waals surface area contributed by atoms with Crippen LogP contribution in [-0.4, -0.2) is 19.7 Å². The number of anilines is 1. The number of nitrogens with one attached hydrogen (secondary N) is 1. The van der Waals surface area contributed by atoms with Gasteiger partial charge in [0, 0.05) is 30.1 Å². The Balaban J connectivity index is 2.24. The Kier molecular flexibility index (Phi) is 3.32. The van der Waals surface area contributed by atoms with E-state index in [1.165, 1.54) is 0 Å². The van der Waals surface area contributed by atoms with Crippen molar-refractivity contribution in [3.8, 4) is 0 Å². The predicted molar refractivity (Wildman–Crippen MR) is 71.5 cm³/mol. The van der Waals surface area contributed by atoms with Crippen LogP contribution in [0.3, 0.4) is 0 Å². The van der Waals surface area contributed by atoms with Gasteiger partial charge >= 0.3 is 0 Å². The Morgan fingerprint density at radius 2 is 1.94 bits per heavy atom. The van der Waals surface area contributed by atoms with Gasteiger partial charge in [-0.25, -0.2) is 9.97 Å². The molecule has 1 atom stereocenters. The second-order valence-corrected chi connectivity index (χ2v) is 4.64. The predicted octanol–water partition coefficient (Wildman–Crippen LogP) is 2.31. The van der Waals surface area contributed by atoms with Crippen LogP contribution in [0.1, 0.15) is 35.6 Å². The van der Waals surface area contributed by atoms with Gasteiger partial charge in [-0.2, -0.15) is 5.10 Å². The van der Waals surface area contributed by atoms with Gasteiger partial charge in [0.1, 0.15) is 11.6 Å². The lowest BCUT2D eigenvalue weighted by molar-refractivity contribution is 0.765. The van der Waals surface area contributed by atoms with Crippen LogP contribution in [0, 0.1) is 20.8 Å². The molecule has 1 N–H and O–H groups in total. The van der Waals surface area contributed by atoms with Crippen molar-refractivity contribution in [2.24, 2.45) is 7.05 Å². The molecule has 1 unspecified atom stereocenters. The van der Waals surface area contributed by atoms with E-state index in [-0.39, 0.29) is 6.04 Å². The highest BCUT2D eigenvalue weighted by Gasteiger charge is 2.11. The molecule has 0 bridgehead atoms. The van der Waals surface area contributed by atoms with Crippen molar-refractivity contribution in [3.05, 3.63) is 35.0 Å². The molecule has 0 spiro atoms. The molecule has 0 saturated carbocycles. The molecule has 5 nitrogen and oxygen atoms in total. The quantitative estimate of drug-likeness (QED) is 0.901. The Morgan fingerprint density at radius 1 is 1.22 bits per heavy atom. The van der Waals surface area contributed by atoms with Crippen molar-refractivity contribution >= 4 is 5.82 Å². The molecule has 2 heterocycles. The van der Waals surface area contributed by atoms with Gasteiger partial charge in [0.2, 0.25) is 0 Å². The minimum atomic E-state index is 0.172. The number of aromatic nitrogens is 4. The molecular weight excluding hydrogens is 226 g/mol. The van der Waals surface area contributed by atoms with Gasteiger partial charge in [0.15, 0.2) is 0 Å². The second kappa shape index (κ2) is 4.76. The SMILES string of the molecule is Cc1nc(C)c(C)c(NC(C)c2cnn(C)c2)n1. The molecule has 2 aromatic heterocycles. The van der Waals surface area contributed by atoms with Gasteiger partial charge in [-0.1, -0.05) is 0 Å². The molecule has 0 saturated heterocycles. The first-order valence-corrected chi connectivity index (χ1v) is 6.04. The summed E-state index contributed by atoms with van der Waals surface area (Å²) in [5.41, 5.74) is 3.26. The average molecular weight is 245 g/mol. The van der Waals surface area contributed by atoms with Crippen LogP contribution in [0.25, 0.3) is 0 Å². The maximum absolute atomic E-state index is 4.46. The summed E-state index contributed by atoms with van der Waals surface area (Å²) in [5, 5.41) is 7.60. The molecular formula is C13H19N5. The Hall–Kier alpha value is -1.91. The number of rotatable bonds is 3. The van der Waals surface area contributed by atoms with Crippen LogP contribution in [0.2, 0.25) is 0 Å². The summed E-state index contributed by atoms with van der Waals surface area (Å²) in [7, 11) is 1.92. The first-order chi connectivity index (χ1) is 8.47. The standard InChI is InChI=1S/C13H19N5/c1-8-9(2)15-11(4)17-13(8)16-10(3)12-6-14-18(5)7-12/h6-7,10H,1-5H3,(H,15,16,17). The van der Waals surface area contributed by atoms with Crippen LogP contribution in [0.5, 0.6) is 0 Å². The van der Waals surface area contributed by atoms with Crippen LogP contribution >= 0.6 is 0 Å². The zero-order chi connectivity index (χ0) is 13.3. The van der Waals surface area contributed by atoms with Crippen molar-refractivity contribution in [3.63, 3.8) is 0 Å². The average Bonchev–Trinajstić information content (AvgIpc) is 2.72.